The highest BCUT2D eigenvalue weighted by molar-refractivity contribution is 7.86. The van der Waals surface area contributed by atoms with Crippen LogP contribution in [0.3, 0.4) is 0 Å². The zero-order chi connectivity index (χ0) is 14.1. The molecule has 1 aromatic carbocycles. The first-order chi connectivity index (χ1) is 9.10. The van der Waals surface area contributed by atoms with Gasteiger partial charge in [-0.15, -0.1) is 0 Å². The summed E-state index contributed by atoms with van der Waals surface area (Å²) in [5.74, 6) is 0. The van der Waals surface area contributed by atoms with Crippen LogP contribution in [0.5, 0.6) is 0 Å². The molecular weight excluding hydrogens is 264 g/mol. The molecule has 0 aliphatic carbocycles. The number of nitrogens with zero attached hydrogens (tertiary/aromatic N) is 2. The molecule has 0 heterocycles. The monoisotopic (exact) mass is 280 g/mol. The van der Waals surface area contributed by atoms with E-state index in [1.54, 1.807) is 18.2 Å². The molecule has 0 fully saturated rings. The Morgan fingerprint density at radius 2 is 2.00 bits per heavy atom. The average molecular weight is 280 g/mol. The summed E-state index contributed by atoms with van der Waals surface area (Å²) in [6.07, 6.45) is 2.16. The first-order valence-corrected chi connectivity index (χ1v) is 7.42. The third-order valence-electron chi connectivity index (χ3n) is 2.36. The van der Waals surface area contributed by atoms with Crippen LogP contribution in [-0.2, 0) is 14.4 Å². The van der Waals surface area contributed by atoms with Gasteiger partial charge < -0.3 is 0 Å². The lowest BCUT2D eigenvalue weighted by molar-refractivity contribution is 0.336. The summed E-state index contributed by atoms with van der Waals surface area (Å²) < 4.78 is 28.3. The fourth-order valence-corrected chi connectivity index (χ4v) is 2.22. The van der Waals surface area contributed by atoms with Crippen molar-refractivity contribution in [2.24, 2.45) is 5.16 Å². The van der Waals surface area contributed by atoms with Crippen LogP contribution in [0.4, 0.5) is 0 Å². The van der Waals surface area contributed by atoms with E-state index in [9.17, 15) is 8.42 Å². The Morgan fingerprint density at radius 3 is 2.58 bits per heavy atom. The minimum absolute atomic E-state index is 0.0647. The lowest BCUT2D eigenvalue weighted by atomic mass is 10.1. The summed E-state index contributed by atoms with van der Waals surface area (Å²) in [6.45, 7) is 1.95. The highest BCUT2D eigenvalue weighted by Gasteiger charge is 2.15. The van der Waals surface area contributed by atoms with Gasteiger partial charge >= 0.3 is 10.1 Å². The van der Waals surface area contributed by atoms with Crippen molar-refractivity contribution in [3.8, 4) is 6.07 Å². The summed E-state index contributed by atoms with van der Waals surface area (Å²) in [5.41, 5.74) is 0.587. The van der Waals surface area contributed by atoms with E-state index in [0.717, 1.165) is 6.42 Å². The van der Waals surface area contributed by atoms with Crippen LogP contribution in [0.25, 0.3) is 0 Å². The summed E-state index contributed by atoms with van der Waals surface area (Å²) in [5, 5.41) is 12.2. The van der Waals surface area contributed by atoms with Crippen molar-refractivity contribution in [1.29, 1.82) is 5.26 Å². The highest BCUT2D eigenvalue weighted by atomic mass is 32.2. The average Bonchev–Trinajstić information content (AvgIpc) is 2.43. The minimum atomic E-state index is -3.87. The number of hydrogen-bond donors (Lipinski definition) is 0. The van der Waals surface area contributed by atoms with Crippen molar-refractivity contribution in [2.45, 2.75) is 37.5 Å². The molecule has 0 atom stereocenters. The molecular formula is C13H16N2O3S. The van der Waals surface area contributed by atoms with Crippen molar-refractivity contribution in [2.75, 3.05) is 0 Å². The van der Waals surface area contributed by atoms with E-state index in [-0.39, 0.29) is 4.90 Å². The van der Waals surface area contributed by atoms with E-state index in [0.29, 0.717) is 25.0 Å². The molecule has 0 aliphatic rings. The molecule has 0 amide bonds. The predicted octanol–water partition coefficient (Wildman–Crippen LogP) is 2.85. The fourth-order valence-electron chi connectivity index (χ4n) is 1.44. The van der Waals surface area contributed by atoms with E-state index in [1.807, 2.05) is 13.0 Å². The third kappa shape index (κ3) is 5.10. The van der Waals surface area contributed by atoms with Gasteiger partial charge in [0.25, 0.3) is 0 Å². The Morgan fingerprint density at radius 1 is 1.32 bits per heavy atom. The molecule has 5 nitrogen and oxygen atoms in total. The quantitative estimate of drug-likeness (QED) is 0.568. The zero-order valence-corrected chi connectivity index (χ0v) is 11.6. The van der Waals surface area contributed by atoms with Crippen LogP contribution >= 0.6 is 0 Å². The zero-order valence-electron chi connectivity index (χ0n) is 10.7. The van der Waals surface area contributed by atoms with Gasteiger partial charge in [-0.2, -0.15) is 13.7 Å². The van der Waals surface area contributed by atoms with E-state index in [2.05, 4.69) is 9.44 Å². The lowest BCUT2D eigenvalue weighted by Gasteiger charge is -2.04. The Bertz CT molecular complexity index is 559. The van der Waals surface area contributed by atoms with Gasteiger partial charge in [0.05, 0.1) is 11.8 Å². The molecule has 0 unspecified atom stereocenters. The standard InChI is InChI=1S/C13H16N2O3S/c1-2-7-12(8-6-11-14)15-18-19(16,17)13-9-4-3-5-10-13/h3-5,9-10H,2,6-8H2,1H3/b15-12+. The van der Waals surface area contributed by atoms with Crippen molar-refractivity contribution in [3.05, 3.63) is 30.3 Å². The molecule has 1 rings (SSSR count). The molecule has 0 radical (unpaired) electrons. The van der Waals surface area contributed by atoms with Crippen LogP contribution in [0.15, 0.2) is 40.4 Å². The molecule has 0 spiro atoms. The van der Waals surface area contributed by atoms with E-state index < -0.39 is 10.1 Å². The Kier molecular flexibility index (Phi) is 6.03. The topological polar surface area (TPSA) is 79.5 Å². The molecule has 0 N–H and O–H groups in total. The fraction of sp³-hybridized carbons (Fsp3) is 0.385. The number of rotatable bonds is 7. The van der Waals surface area contributed by atoms with Gasteiger partial charge in [-0.25, -0.2) is 0 Å². The van der Waals surface area contributed by atoms with Crippen LogP contribution < -0.4 is 0 Å². The first-order valence-electron chi connectivity index (χ1n) is 6.01. The van der Waals surface area contributed by atoms with Crippen LogP contribution in [0.2, 0.25) is 0 Å². The highest BCUT2D eigenvalue weighted by Crippen LogP contribution is 2.12. The van der Waals surface area contributed by atoms with Crippen molar-refractivity contribution in [3.63, 3.8) is 0 Å². The molecule has 6 heteroatoms. The maximum atomic E-state index is 11.8. The second-order valence-corrected chi connectivity index (χ2v) is 5.44. The molecule has 1 aromatic rings. The minimum Gasteiger partial charge on any atom is -0.265 e. The molecule has 0 saturated heterocycles. The van der Waals surface area contributed by atoms with Gasteiger partial charge in [-0.1, -0.05) is 36.7 Å². The van der Waals surface area contributed by atoms with Gasteiger partial charge in [0.1, 0.15) is 4.90 Å². The van der Waals surface area contributed by atoms with Crippen molar-refractivity contribution in [1.82, 2.24) is 0 Å². The smallest absolute Gasteiger partial charge is 0.265 e. The molecule has 0 aromatic heterocycles. The van der Waals surface area contributed by atoms with Crippen LogP contribution in [0, 0.1) is 11.3 Å². The van der Waals surface area contributed by atoms with Gasteiger partial charge in [-0.05, 0) is 18.6 Å². The molecule has 19 heavy (non-hydrogen) atoms. The normalized spacial score (nSPS) is 11.9. The number of hydrogen-bond acceptors (Lipinski definition) is 5. The molecule has 0 bridgehead atoms. The third-order valence-corrected chi connectivity index (χ3v) is 3.48. The van der Waals surface area contributed by atoms with E-state index in [4.69, 9.17) is 5.26 Å². The number of nitriles is 1. The predicted molar refractivity (Wildman–Crippen MR) is 71.9 cm³/mol. The van der Waals surface area contributed by atoms with Crippen LogP contribution in [-0.4, -0.2) is 14.1 Å². The molecule has 0 saturated carbocycles. The molecule has 102 valence electrons. The molecule has 0 aliphatic heterocycles. The summed E-state index contributed by atoms with van der Waals surface area (Å²) >= 11 is 0. The van der Waals surface area contributed by atoms with Gasteiger partial charge in [-0.3, -0.25) is 4.28 Å². The van der Waals surface area contributed by atoms with Gasteiger partial charge in [0.15, 0.2) is 0 Å². The van der Waals surface area contributed by atoms with Gasteiger partial charge in [0.2, 0.25) is 0 Å². The van der Waals surface area contributed by atoms with Crippen LogP contribution in [0.1, 0.15) is 32.6 Å². The Balaban J connectivity index is 2.79. The van der Waals surface area contributed by atoms with Crippen molar-refractivity contribution < 1.29 is 12.7 Å². The number of oxime groups is 1. The first kappa shape index (κ1) is 15.2. The summed E-state index contributed by atoms with van der Waals surface area (Å²) in [7, 11) is -3.87. The largest absolute Gasteiger partial charge is 0.358 e. The maximum Gasteiger partial charge on any atom is 0.358 e. The van der Waals surface area contributed by atoms with Gasteiger partial charge in [0, 0.05) is 12.8 Å². The maximum absolute atomic E-state index is 11.8. The second kappa shape index (κ2) is 7.54. The summed E-state index contributed by atoms with van der Waals surface area (Å²) in [6, 6.07) is 9.84. The summed E-state index contributed by atoms with van der Waals surface area (Å²) in [4.78, 5) is 0.0647. The lowest BCUT2D eigenvalue weighted by Crippen LogP contribution is -2.06. The van der Waals surface area contributed by atoms with E-state index in [1.165, 1.54) is 12.1 Å². The SMILES string of the molecule is CCC/C(CCC#N)=N\OS(=O)(=O)c1ccccc1. The van der Waals surface area contributed by atoms with E-state index >= 15 is 0 Å². The Hall–Kier alpha value is -1.87. The second-order valence-electron chi connectivity index (χ2n) is 3.91. The Labute approximate surface area is 113 Å². The van der Waals surface area contributed by atoms with Crippen molar-refractivity contribution >= 4 is 15.8 Å². The number of benzene rings is 1.